The van der Waals surface area contributed by atoms with Crippen LogP contribution in [0.15, 0.2) is 69.9 Å². The number of hydrogen-bond acceptors (Lipinski definition) is 9. The maximum Gasteiger partial charge on any atom is 0.375 e. The molecule has 190 valence electrons. The quantitative estimate of drug-likeness (QED) is 0.245. The van der Waals surface area contributed by atoms with Gasteiger partial charge in [-0.05, 0) is 61.0 Å². The van der Waals surface area contributed by atoms with Crippen molar-refractivity contribution < 1.29 is 37.7 Å². The minimum atomic E-state index is -0.813. The predicted octanol–water partition coefficient (Wildman–Crippen LogP) is 4.88. The van der Waals surface area contributed by atoms with Crippen molar-refractivity contribution in [3.63, 3.8) is 0 Å². The summed E-state index contributed by atoms with van der Waals surface area (Å²) in [5, 5.41) is 0.182. The first kappa shape index (κ1) is 25.3. The van der Waals surface area contributed by atoms with E-state index < -0.39 is 17.4 Å². The van der Waals surface area contributed by atoms with Crippen LogP contribution >= 0.6 is 0 Å². The van der Waals surface area contributed by atoms with E-state index in [9.17, 15) is 14.4 Å². The highest BCUT2D eigenvalue weighted by molar-refractivity contribution is 5.98. The van der Waals surface area contributed by atoms with Crippen molar-refractivity contribution in [2.75, 3.05) is 27.9 Å². The number of hydrogen-bond donors (Lipinski definition) is 0. The molecule has 0 aliphatic heterocycles. The molecule has 0 N–H and O–H groups in total. The molecule has 0 fully saturated rings. The highest BCUT2D eigenvalue weighted by Crippen LogP contribution is 2.34. The van der Waals surface area contributed by atoms with Crippen LogP contribution in [0.1, 0.15) is 27.8 Å². The summed E-state index contributed by atoms with van der Waals surface area (Å²) in [5.74, 6) is -0.160. The third-order valence-electron chi connectivity index (χ3n) is 5.53. The SMILES string of the molecule is CCOC(=O)c1oc2cc(OC(=O)c3ccc(OC)cc3)ccc2c(=O)c1-c1ccc(OC)c(OC)c1. The number of rotatable bonds is 8. The van der Waals surface area contributed by atoms with Gasteiger partial charge in [-0.15, -0.1) is 0 Å². The van der Waals surface area contributed by atoms with Crippen molar-refractivity contribution in [3.8, 4) is 34.1 Å². The monoisotopic (exact) mass is 504 g/mol. The van der Waals surface area contributed by atoms with Gasteiger partial charge in [0.2, 0.25) is 11.2 Å². The van der Waals surface area contributed by atoms with E-state index in [0.717, 1.165) is 0 Å². The molecule has 4 aromatic rings. The number of carbonyl (C=O) groups excluding carboxylic acids is 2. The van der Waals surface area contributed by atoms with Gasteiger partial charge in [-0.25, -0.2) is 9.59 Å². The molecule has 37 heavy (non-hydrogen) atoms. The van der Waals surface area contributed by atoms with Gasteiger partial charge in [0.1, 0.15) is 17.1 Å². The fraction of sp³-hybridized carbons (Fsp3) is 0.179. The zero-order valence-electron chi connectivity index (χ0n) is 20.7. The fourth-order valence-corrected chi connectivity index (χ4v) is 3.72. The van der Waals surface area contributed by atoms with Gasteiger partial charge in [0.25, 0.3) is 0 Å². The summed E-state index contributed by atoms with van der Waals surface area (Å²) in [6, 6.07) is 15.5. The van der Waals surface area contributed by atoms with Crippen LogP contribution in [0.4, 0.5) is 0 Å². The van der Waals surface area contributed by atoms with Crippen LogP contribution in [0.25, 0.3) is 22.1 Å². The Labute approximate surface area is 212 Å². The van der Waals surface area contributed by atoms with Crippen molar-refractivity contribution in [1.82, 2.24) is 0 Å². The molecule has 0 spiro atoms. The van der Waals surface area contributed by atoms with E-state index in [0.29, 0.717) is 28.4 Å². The standard InChI is InChI=1S/C28H24O9/c1-5-35-28(31)26-24(17-8-13-21(33-3)23(14-17)34-4)25(29)20-12-11-19(15-22(20)37-26)36-27(30)16-6-9-18(32-2)10-7-16/h6-15H,5H2,1-4H3. The second-order valence-corrected chi connectivity index (χ2v) is 7.70. The zero-order valence-corrected chi connectivity index (χ0v) is 20.7. The zero-order chi connectivity index (χ0) is 26.5. The normalized spacial score (nSPS) is 10.6. The molecule has 0 amide bonds. The Morgan fingerprint density at radius 3 is 2.14 bits per heavy atom. The van der Waals surface area contributed by atoms with Crippen LogP contribution in [0.5, 0.6) is 23.0 Å². The van der Waals surface area contributed by atoms with Crippen molar-refractivity contribution in [1.29, 1.82) is 0 Å². The summed E-state index contributed by atoms with van der Waals surface area (Å²) >= 11 is 0. The van der Waals surface area contributed by atoms with Gasteiger partial charge in [0.05, 0.1) is 44.4 Å². The molecule has 4 rings (SSSR count). The summed E-state index contributed by atoms with van der Waals surface area (Å²) in [7, 11) is 4.48. The van der Waals surface area contributed by atoms with Crippen molar-refractivity contribution in [3.05, 3.63) is 82.2 Å². The maximum absolute atomic E-state index is 13.6. The molecule has 1 heterocycles. The number of ether oxygens (including phenoxy) is 5. The molecule has 0 saturated heterocycles. The van der Waals surface area contributed by atoms with E-state index >= 15 is 0 Å². The Bertz CT molecular complexity index is 1520. The highest BCUT2D eigenvalue weighted by atomic mass is 16.5. The largest absolute Gasteiger partial charge is 0.497 e. The lowest BCUT2D eigenvalue weighted by Crippen LogP contribution is -2.15. The van der Waals surface area contributed by atoms with Crippen LogP contribution in [-0.2, 0) is 4.74 Å². The average Bonchev–Trinajstić information content (AvgIpc) is 2.92. The number of carbonyl (C=O) groups is 2. The Morgan fingerprint density at radius 2 is 1.49 bits per heavy atom. The predicted molar refractivity (Wildman–Crippen MR) is 135 cm³/mol. The molecule has 0 aliphatic rings. The van der Waals surface area contributed by atoms with Crippen LogP contribution in [0.3, 0.4) is 0 Å². The van der Waals surface area contributed by atoms with Crippen LogP contribution in [0, 0.1) is 0 Å². The van der Waals surface area contributed by atoms with Gasteiger partial charge in [-0.3, -0.25) is 4.79 Å². The lowest BCUT2D eigenvalue weighted by atomic mass is 10.0. The summed E-state index contributed by atoms with van der Waals surface area (Å²) in [6.45, 7) is 1.72. The Hall–Kier alpha value is -4.79. The van der Waals surface area contributed by atoms with Crippen molar-refractivity contribution in [2.24, 2.45) is 0 Å². The van der Waals surface area contributed by atoms with Gasteiger partial charge in [-0.1, -0.05) is 6.07 Å². The minimum Gasteiger partial charge on any atom is -0.497 e. The summed E-state index contributed by atoms with van der Waals surface area (Å²) < 4.78 is 32.2. The highest BCUT2D eigenvalue weighted by Gasteiger charge is 2.24. The molecule has 9 heteroatoms. The Morgan fingerprint density at radius 1 is 0.784 bits per heavy atom. The van der Waals surface area contributed by atoms with E-state index in [1.54, 1.807) is 49.4 Å². The first-order valence-electron chi connectivity index (χ1n) is 11.3. The number of benzene rings is 3. The third kappa shape index (κ3) is 5.11. The van der Waals surface area contributed by atoms with Gasteiger partial charge in [0, 0.05) is 6.07 Å². The molecule has 9 nitrogen and oxygen atoms in total. The van der Waals surface area contributed by atoms with E-state index in [-0.39, 0.29) is 34.6 Å². The van der Waals surface area contributed by atoms with Crippen LogP contribution in [-0.4, -0.2) is 39.9 Å². The van der Waals surface area contributed by atoms with Crippen LogP contribution in [0.2, 0.25) is 0 Å². The second-order valence-electron chi connectivity index (χ2n) is 7.70. The lowest BCUT2D eigenvalue weighted by molar-refractivity contribution is 0.0491. The molecule has 0 saturated carbocycles. The summed E-state index contributed by atoms with van der Waals surface area (Å²) in [6.07, 6.45) is 0. The second kappa shape index (κ2) is 10.9. The molecule has 0 unspecified atom stereocenters. The average molecular weight is 504 g/mol. The molecular formula is C28H24O9. The smallest absolute Gasteiger partial charge is 0.375 e. The third-order valence-corrected chi connectivity index (χ3v) is 5.53. The fourth-order valence-electron chi connectivity index (χ4n) is 3.72. The van der Waals surface area contributed by atoms with Gasteiger partial charge >= 0.3 is 11.9 Å². The van der Waals surface area contributed by atoms with Gasteiger partial charge < -0.3 is 28.1 Å². The van der Waals surface area contributed by atoms with E-state index in [1.807, 2.05) is 0 Å². The Balaban J connectivity index is 1.80. The number of esters is 2. The number of methoxy groups -OCH3 is 3. The molecule has 1 aromatic heterocycles. The van der Waals surface area contributed by atoms with E-state index in [4.69, 9.17) is 28.1 Å². The lowest BCUT2D eigenvalue weighted by Gasteiger charge is -2.13. The molecule has 0 aliphatic carbocycles. The Kier molecular flexibility index (Phi) is 7.43. The van der Waals surface area contributed by atoms with Gasteiger partial charge in [0.15, 0.2) is 11.5 Å². The minimum absolute atomic E-state index is 0.00915. The molecule has 0 radical (unpaired) electrons. The molecule has 0 bridgehead atoms. The first-order valence-corrected chi connectivity index (χ1v) is 11.3. The first-order chi connectivity index (χ1) is 17.9. The summed E-state index contributed by atoms with van der Waals surface area (Å²) in [5.41, 5.74) is 0.279. The van der Waals surface area contributed by atoms with Gasteiger partial charge in [-0.2, -0.15) is 0 Å². The molecule has 3 aromatic carbocycles. The molecule has 0 atom stereocenters. The molecular weight excluding hydrogens is 480 g/mol. The van der Waals surface area contributed by atoms with E-state index in [2.05, 4.69) is 0 Å². The van der Waals surface area contributed by atoms with Crippen molar-refractivity contribution in [2.45, 2.75) is 6.92 Å². The topological polar surface area (TPSA) is 111 Å². The number of fused-ring (bicyclic) bond motifs is 1. The van der Waals surface area contributed by atoms with Crippen LogP contribution < -0.4 is 24.4 Å². The van der Waals surface area contributed by atoms with E-state index in [1.165, 1.54) is 39.5 Å². The maximum atomic E-state index is 13.6. The van der Waals surface area contributed by atoms with Crippen molar-refractivity contribution >= 4 is 22.9 Å². The summed E-state index contributed by atoms with van der Waals surface area (Å²) in [4.78, 5) is 39.0.